The summed E-state index contributed by atoms with van der Waals surface area (Å²) in [4.78, 5) is 50.0. The van der Waals surface area contributed by atoms with Gasteiger partial charge in [0.2, 0.25) is 17.7 Å². The lowest BCUT2D eigenvalue weighted by Gasteiger charge is -2.26. The Bertz CT molecular complexity index is 1240. The molecule has 1 aliphatic rings. The van der Waals surface area contributed by atoms with Crippen molar-refractivity contribution in [1.82, 2.24) is 16.0 Å². The number of rotatable bonds is 6. The number of carbonyl (C=O) groups excluding carboxylic acids is 3. The number of hydrogen-bond donors (Lipinski definition) is 9. The molecule has 3 unspecified atom stereocenters. The summed E-state index contributed by atoms with van der Waals surface area (Å²) in [6, 6.07) is 5.80. The van der Waals surface area contributed by atoms with Crippen molar-refractivity contribution in [2.75, 3.05) is 13.1 Å². The number of nitrogens with two attached hydrogens (primary N) is 2. The number of aliphatic carboxylic acids is 1. The van der Waals surface area contributed by atoms with E-state index in [1.807, 2.05) is 0 Å². The molecule has 0 aromatic heterocycles. The second-order valence-electron chi connectivity index (χ2n) is 9.40. The van der Waals surface area contributed by atoms with Crippen LogP contribution in [0.3, 0.4) is 0 Å². The van der Waals surface area contributed by atoms with Gasteiger partial charge in [0.1, 0.15) is 30.1 Å². The Morgan fingerprint density at radius 1 is 1.00 bits per heavy atom. The number of aliphatic hydroxyl groups excluding tert-OH is 1. The topological polar surface area (TPSA) is 237 Å². The summed E-state index contributed by atoms with van der Waals surface area (Å²) >= 11 is 0. The fourth-order valence-corrected chi connectivity index (χ4v) is 4.20. The molecule has 11 N–H and O–H groups in total. The summed E-state index contributed by atoms with van der Waals surface area (Å²) in [6.07, 6.45) is -1.32. The second kappa shape index (κ2) is 13.0. The van der Waals surface area contributed by atoms with Gasteiger partial charge in [-0.2, -0.15) is 0 Å². The Balaban J connectivity index is 2.07. The SMILES string of the molecule is NCC(O)C[C@@H]1NC(=O)C(N)CCc2cc(ccc2O)-c2ccc(O)c(c2)CC(C(=O)NCC(=O)O)NC1=O. The molecule has 0 radical (unpaired) electrons. The molecule has 13 nitrogen and oxygen atoms in total. The number of carboxylic acids is 1. The Morgan fingerprint density at radius 2 is 1.62 bits per heavy atom. The summed E-state index contributed by atoms with van der Waals surface area (Å²) < 4.78 is 0. The van der Waals surface area contributed by atoms with Crippen molar-refractivity contribution in [3.63, 3.8) is 0 Å². The summed E-state index contributed by atoms with van der Waals surface area (Å²) in [7, 11) is 0. The molecule has 4 atom stereocenters. The van der Waals surface area contributed by atoms with E-state index in [9.17, 15) is 34.5 Å². The van der Waals surface area contributed by atoms with Crippen LogP contribution in [-0.4, -0.2) is 81.4 Å². The fourth-order valence-electron chi connectivity index (χ4n) is 4.20. The molecule has 0 saturated carbocycles. The van der Waals surface area contributed by atoms with E-state index in [2.05, 4.69) is 16.0 Å². The van der Waals surface area contributed by atoms with E-state index >= 15 is 0 Å². The van der Waals surface area contributed by atoms with Crippen molar-refractivity contribution in [3.05, 3.63) is 47.5 Å². The normalized spacial score (nSPS) is 20.8. The van der Waals surface area contributed by atoms with Crippen molar-refractivity contribution in [1.29, 1.82) is 0 Å². The maximum atomic E-state index is 13.2. The van der Waals surface area contributed by atoms with Crippen molar-refractivity contribution < 1.29 is 39.6 Å². The van der Waals surface area contributed by atoms with E-state index in [0.717, 1.165) is 0 Å². The molecule has 0 fully saturated rings. The summed E-state index contributed by atoms with van der Waals surface area (Å²) in [5, 5.41) is 47.1. The van der Waals surface area contributed by atoms with Crippen LogP contribution >= 0.6 is 0 Å². The number of hydrogen-bond acceptors (Lipinski definition) is 9. The van der Waals surface area contributed by atoms with Gasteiger partial charge in [-0.15, -0.1) is 0 Å². The molecule has 2 aromatic carbocycles. The molecule has 4 bridgehead atoms. The number of carbonyl (C=O) groups is 4. The highest BCUT2D eigenvalue weighted by atomic mass is 16.4. The average molecular weight is 544 g/mol. The van der Waals surface area contributed by atoms with E-state index in [-0.39, 0.29) is 49.3 Å². The maximum Gasteiger partial charge on any atom is 0.322 e. The van der Waals surface area contributed by atoms with Crippen LogP contribution in [0.1, 0.15) is 24.0 Å². The number of carboxylic acid groups (broad SMARTS) is 1. The number of fused-ring (bicyclic) bond motifs is 5. The molecule has 210 valence electrons. The lowest BCUT2D eigenvalue weighted by Crippen LogP contribution is -2.57. The van der Waals surface area contributed by atoms with Crippen molar-refractivity contribution in [3.8, 4) is 22.6 Å². The van der Waals surface area contributed by atoms with E-state index in [0.29, 0.717) is 16.7 Å². The van der Waals surface area contributed by atoms with Gasteiger partial charge >= 0.3 is 5.97 Å². The third-order valence-corrected chi connectivity index (χ3v) is 6.44. The Hall–Kier alpha value is -4.20. The van der Waals surface area contributed by atoms with Gasteiger partial charge in [0.25, 0.3) is 0 Å². The van der Waals surface area contributed by atoms with Crippen molar-refractivity contribution in [2.45, 2.75) is 49.9 Å². The highest BCUT2D eigenvalue weighted by Gasteiger charge is 2.30. The number of phenols is 2. The van der Waals surface area contributed by atoms with Crippen molar-refractivity contribution in [2.24, 2.45) is 11.5 Å². The largest absolute Gasteiger partial charge is 0.508 e. The molecule has 2 aromatic rings. The van der Waals surface area contributed by atoms with Gasteiger partial charge in [-0.1, -0.05) is 12.1 Å². The lowest BCUT2D eigenvalue weighted by atomic mass is 9.95. The minimum atomic E-state index is -1.36. The quantitative estimate of drug-likeness (QED) is 0.203. The third kappa shape index (κ3) is 7.89. The third-order valence-electron chi connectivity index (χ3n) is 6.44. The highest BCUT2D eigenvalue weighted by Crippen LogP contribution is 2.31. The van der Waals surface area contributed by atoms with E-state index < -0.39 is 54.5 Å². The molecular formula is C26H33N5O8. The van der Waals surface area contributed by atoms with Crippen LogP contribution in [0.25, 0.3) is 11.1 Å². The van der Waals surface area contributed by atoms with Gasteiger partial charge in [0.15, 0.2) is 0 Å². The van der Waals surface area contributed by atoms with Gasteiger partial charge in [-0.25, -0.2) is 0 Å². The summed E-state index contributed by atoms with van der Waals surface area (Å²) in [5.74, 6) is -3.85. The first-order valence-corrected chi connectivity index (χ1v) is 12.4. The van der Waals surface area contributed by atoms with Gasteiger partial charge in [0, 0.05) is 19.4 Å². The zero-order valence-corrected chi connectivity index (χ0v) is 21.1. The Labute approximate surface area is 224 Å². The number of benzene rings is 2. The minimum absolute atomic E-state index is 0.00460. The van der Waals surface area contributed by atoms with Crippen LogP contribution in [-0.2, 0) is 32.0 Å². The molecule has 1 aliphatic heterocycles. The number of amides is 3. The molecular weight excluding hydrogens is 510 g/mol. The minimum Gasteiger partial charge on any atom is -0.508 e. The van der Waals surface area contributed by atoms with E-state index in [4.69, 9.17) is 16.6 Å². The van der Waals surface area contributed by atoms with Crippen LogP contribution in [0.2, 0.25) is 0 Å². The van der Waals surface area contributed by atoms with E-state index in [1.54, 1.807) is 24.3 Å². The summed E-state index contributed by atoms with van der Waals surface area (Å²) in [5.41, 5.74) is 13.7. The van der Waals surface area contributed by atoms with E-state index in [1.165, 1.54) is 12.1 Å². The maximum absolute atomic E-state index is 13.2. The van der Waals surface area contributed by atoms with Crippen LogP contribution in [0.5, 0.6) is 11.5 Å². The number of aryl methyl sites for hydroxylation is 1. The second-order valence-corrected chi connectivity index (χ2v) is 9.40. The van der Waals surface area contributed by atoms with Crippen LogP contribution in [0.15, 0.2) is 36.4 Å². The highest BCUT2D eigenvalue weighted by molar-refractivity contribution is 5.94. The number of phenolic OH excluding ortho intramolecular Hbond substituents is 2. The predicted molar refractivity (Wildman–Crippen MR) is 139 cm³/mol. The molecule has 39 heavy (non-hydrogen) atoms. The first kappa shape index (κ1) is 29.4. The molecule has 0 aliphatic carbocycles. The fraction of sp³-hybridized carbons (Fsp3) is 0.385. The molecule has 0 saturated heterocycles. The molecule has 1 heterocycles. The van der Waals surface area contributed by atoms with Gasteiger partial charge in [-0.3, -0.25) is 19.2 Å². The Kier molecular flexibility index (Phi) is 9.82. The van der Waals surface area contributed by atoms with Crippen LogP contribution in [0, 0.1) is 0 Å². The molecule has 3 amide bonds. The standard InChI is InChI=1S/C26H33N5O8/c27-11-17(32)10-20-26(39)31-19(25(38)29-12-23(35)36)9-16-8-14(3-6-22(16)34)13-2-5-21(33)15(7-13)1-4-18(28)24(37)30-20/h2-3,5-8,17-20,32-34H,1,4,9-12,27-28H2,(H,29,38)(H,30,37)(H,31,39)(H,35,36)/t17?,18?,19?,20-/m0/s1. The predicted octanol–water partition coefficient (Wildman–Crippen LogP) is -1.54. The van der Waals surface area contributed by atoms with Gasteiger partial charge in [0.05, 0.1) is 12.1 Å². The first-order chi connectivity index (χ1) is 18.5. The zero-order chi connectivity index (χ0) is 28.7. The van der Waals surface area contributed by atoms with Crippen molar-refractivity contribution >= 4 is 23.7 Å². The van der Waals surface area contributed by atoms with Gasteiger partial charge in [-0.05, 0) is 59.4 Å². The smallest absolute Gasteiger partial charge is 0.322 e. The monoisotopic (exact) mass is 543 g/mol. The lowest BCUT2D eigenvalue weighted by molar-refractivity contribution is -0.138. The first-order valence-electron chi connectivity index (χ1n) is 12.4. The molecule has 3 rings (SSSR count). The summed E-state index contributed by atoms with van der Waals surface area (Å²) in [6.45, 7) is -0.918. The average Bonchev–Trinajstić information content (AvgIpc) is 2.90. The molecule has 0 spiro atoms. The Morgan fingerprint density at radius 3 is 2.23 bits per heavy atom. The zero-order valence-electron chi connectivity index (χ0n) is 21.1. The number of aromatic hydroxyl groups is 2. The van der Waals surface area contributed by atoms with Crippen LogP contribution in [0.4, 0.5) is 0 Å². The number of aliphatic hydroxyl groups is 1. The molecule has 13 heteroatoms. The van der Waals surface area contributed by atoms with Crippen LogP contribution < -0.4 is 27.4 Å². The number of nitrogens with one attached hydrogen (secondary N) is 3. The van der Waals surface area contributed by atoms with Gasteiger partial charge < -0.3 is 47.8 Å².